The minimum absolute atomic E-state index is 0.307. The summed E-state index contributed by atoms with van der Waals surface area (Å²) in [6, 6.07) is 20.0. The van der Waals surface area contributed by atoms with E-state index in [2.05, 4.69) is 20.4 Å². The minimum atomic E-state index is -0.307. The van der Waals surface area contributed by atoms with Crippen molar-refractivity contribution in [3.05, 3.63) is 84.6 Å². The SMILES string of the molecule is Cc1cc(-c2ccccc2)n(-c2cc(Nc3cccc(F)c3)ncn2)n1. The molecule has 0 saturated carbocycles. The molecular weight excluding hydrogens is 329 g/mol. The van der Waals surface area contributed by atoms with E-state index in [1.165, 1.54) is 18.5 Å². The van der Waals surface area contributed by atoms with Crippen molar-refractivity contribution in [2.75, 3.05) is 5.32 Å². The first-order chi connectivity index (χ1) is 12.7. The topological polar surface area (TPSA) is 55.6 Å². The van der Waals surface area contributed by atoms with E-state index in [-0.39, 0.29) is 5.82 Å². The molecule has 5 nitrogen and oxygen atoms in total. The van der Waals surface area contributed by atoms with E-state index in [1.54, 1.807) is 22.9 Å². The number of hydrogen-bond acceptors (Lipinski definition) is 4. The zero-order chi connectivity index (χ0) is 17.9. The molecule has 2 heterocycles. The normalized spacial score (nSPS) is 10.7. The summed E-state index contributed by atoms with van der Waals surface area (Å²) in [5.41, 5.74) is 3.50. The van der Waals surface area contributed by atoms with Crippen molar-refractivity contribution in [3.63, 3.8) is 0 Å². The summed E-state index contributed by atoms with van der Waals surface area (Å²) in [5, 5.41) is 7.65. The largest absolute Gasteiger partial charge is 0.340 e. The van der Waals surface area contributed by atoms with Crippen LogP contribution in [0.2, 0.25) is 0 Å². The van der Waals surface area contributed by atoms with Gasteiger partial charge < -0.3 is 5.32 Å². The van der Waals surface area contributed by atoms with Gasteiger partial charge in [-0.2, -0.15) is 5.10 Å². The summed E-state index contributed by atoms with van der Waals surface area (Å²) >= 11 is 0. The third-order valence-electron chi connectivity index (χ3n) is 3.87. The summed E-state index contributed by atoms with van der Waals surface area (Å²) in [6.07, 6.45) is 1.46. The fourth-order valence-electron chi connectivity index (χ4n) is 2.73. The maximum atomic E-state index is 13.4. The Morgan fingerprint density at radius 3 is 2.58 bits per heavy atom. The van der Waals surface area contributed by atoms with Crippen LogP contribution in [0.5, 0.6) is 0 Å². The fraction of sp³-hybridized carbons (Fsp3) is 0.0500. The van der Waals surface area contributed by atoms with E-state index >= 15 is 0 Å². The first-order valence-electron chi connectivity index (χ1n) is 8.16. The van der Waals surface area contributed by atoms with Crippen molar-refractivity contribution in [2.24, 2.45) is 0 Å². The zero-order valence-electron chi connectivity index (χ0n) is 14.1. The maximum absolute atomic E-state index is 13.4. The molecule has 0 aliphatic heterocycles. The predicted octanol–water partition coefficient (Wildman–Crippen LogP) is 4.52. The van der Waals surface area contributed by atoms with Gasteiger partial charge in [-0.15, -0.1) is 0 Å². The number of halogens is 1. The van der Waals surface area contributed by atoms with E-state index < -0.39 is 0 Å². The Labute approximate surface area is 150 Å². The van der Waals surface area contributed by atoms with Gasteiger partial charge in [0.05, 0.1) is 11.4 Å². The van der Waals surface area contributed by atoms with Gasteiger partial charge in [0, 0.05) is 17.3 Å². The number of benzene rings is 2. The standard InChI is InChI=1S/C20H16FN5/c1-14-10-18(15-6-3-2-4-7-15)26(25-14)20-12-19(22-13-23-20)24-17-9-5-8-16(21)11-17/h2-13H,1H3,(H,22,23,24). The number of aromatic nitrogens is 4. The molecule has 128 valence electrons. The highest BCUT2D eigenvalue weighted by atomic mass is 19.1. The third-order valence-corrected chi connectivity index (χ3v) is 3.87. The predicted molar refractivity (Wildman–Crippen MR) is 99.0 cm³/mol. The number of anilines is 2. The molecule has 0 amide bonds. The Kier molecular flexibility index (Phi) is 4.15. The van der Waals surface area contributed by atoms with E-state index in [9.17, 15) is 4.39 Å². The van der Waals surface area contributed by atoms with Crippen LogP contribution in [0.25, 0.3) is 17.1 Å². The first kappa shape index (κ1) is 16.0. The highest BCUT2D eigenvalue weighted by Crippen LogP contribution is 2.24. The number of aryl methyl sites for hydroxylation is 1. The highest BCUT2D eigenvalue weighted by Gasteiger charge is 2.11. The van der Waals surface area contributed by atoms with Gasteiger partial charge in [-0.1, -0.05) is 36.4 Å². The lowest BCUT2D eigenvalue weighted by atomic mass is 10.1. The molecule has 0 fully saturated rings. The molecule has 0 aliphatic rings. The second kappa shape index (κ2) is 6.76. The molecule has 0 atom stereocenters. The summed E-state index contributed by atoms with van der Waals surface area (Å²) < 4.78 is 15.2. The number of nitrogens with zero attached hydrogens (tertiary/aromatic N) is 4. The second-order valence-electron chi connectivity index (χ2n) is 5.85. The van der Waals surface area contributed by atoms with Gasteiger partial charge in [0.25, 0.3) is 0 Å². The Hall–Kier alpha value is -3.54. The van der Waals surface area contributed by atoms with Crippen molar-refractivity contribution in [2.45, 2.75) is 6.92 Å². The monoisotopic (exact) mass is 345 g/mol. The zero-order valence-corrected chi connectivity index (χ0v) is 14.1. The van der Waals surface area contributed by atoms with Gasteiger partial charge in [-0.25, -0.2) is 19.0 Å². The summed E-state index contributed by atoms with van der Waals surface area (Å²) in [7, 11) is 0. The third kappa shape index (κ3) is 3.30. The molecular formula is C20H16FN5. The van der Waals surface area contributed by atoms with Crippen LogP contribution < -0.4 is 5.32 Å². The molecule has 0 spiro atoms. The van der Waals surface area contributed by atoms with Crippen molar-refractivity contribution in [3.8, 4) is 17.1 Å². The van der Waals surface area contributed by atoms with Gasteiger partial charge in [-0.3, -0.25) is 0 Å². The molecule has 0 radical (unpaired) electrons. The average Bonchev–Trinajstić information content (AvgIpc) is 3.05. The fourth-order valence-corrected chi connectivity index (χ4v) is 2.73. The molecule has 4 aromatic rings. The number of hydrogen-bond donors (Lipinski definition) is 1. The molecule has 0 unspecified atom stereocenters. The number of nitrogens with one attached hydrogen (secondary N) is 1. The molecule has 2 aromatic carbocycles. The summed E-state index contributed by atoms with van der Waals surface area (Å²) in [6.45, 7) is 1.94. The van der Waals surface area contributed by atoms with Crippen LogP contribution in [0, 0.1) is 12.7 Å². The Bertz CT molecular complexity index is 1040. The minimum Gasteiger partial charge on any atom is -0.340 e. The lowest BCUT2D eigenvalue weighted by molar-refractivity contribution is 0.628. The van der Waals surface area contributed by atoms with Crippen LogP contribution in [-0.4, -0.2) is 19.7 Å². The lowest BCUT2D eigenvalue weighted by Crippen LogP contribution is -2.04. The second-order valence-corrected chi connectivity index (χ2v) is 5.85. The van der Waals surface area contributed by atoms with Gasteiger partial charge in [-0.05, 0) is 31.2 Å². The van der Waals surface area contributed by atoms with Crippen molar-refractivity contribution >= 4 is 11.5 Å². The van der Waals surface area contributed by atoms with Crippen LogP contribution in [0.3, 0.4) is 0 Å². The van der Waals surface area contributed by atoms with Crippen LogP contribution in [0.1, 0.15) is 5.69 Å². The van der Waals surface area contributed by atoms with Gasteiger partial charge in [0.2, 0.25) is 0 Å². The molecule has 4 rings (SSSR count). The van der Waals surface area contributed by atoms with E-state index in [0.717, 1.165) is 17.0 Å². The van der Waals surface area contributed by atoms with E-state index in [0.29, 0.717) is 17.3 Å². The molecule has 0 bridgehead atoms. The van der Waals surface area contributed by atoms with Crippen LogP contribution >= 0.6 is 0 Å². The van der Waals surface area contributed by atoms with E-state index in [4.69, 9.17) is 0 Å². The van der Waals surface area contributed by atoms with E-state index in [1.807, 2.05) is 43.3 Å². The summed E-state index contributed by atoms with van der Waals surface area (Å²) in [5.74, 6) is 0.886. The quantitative estimate of drug-likeness (QED) is 0.591. The van der Waals surface area contributed by atoms with Gasteiger partial charge in [0.15, 0.2) is 5.82 Å². The van der Waals surface area contributed by atoms with Crippen LogP contribution in [-0.2, 0) is 0 Å². The summed E-state index contributed by atoms with van der Waals surface area (Å²) in [4.78, 5) is 8.56. The van der Waals surface area contributed by atoms with Crippen molar-refractivity contribution in [1.82, 2.24) is 19.7 Å². The van der Waals surface area contributed by atoms with Crippen molar-refractivity contribution < 1.29 is 4.39 Å². The Morgan fingerprint density at radius 1 is 0.923 bits per heavy atom. The molecule has 6 heteroatoms. The Morgan fingerprint density at radius 2 is 1.77 bits per heavy atom. The molecule has 0 saturated heterocycles. The first-order valence-corrected chi connectivity index (χ1v) is 8.16. The van der Waals surface area contributed by atoms with Crippen LogP contribution in [0.4, 0.5) is 15.9 Å². The average molecular weight is 345 g/mol. The number of rotatable bonds is 4. The highest BCUT2D eigenvalue weighted by molar-refractivity contribution is 5.63. The van der Waals surface area contributed by atoms with Gasteiger partial charge >= 0.3 is 0 Å². The van der Waals surface area contributed by atoms with Gasteiger partial charge in [0.1, 0.15) is 18.0 Å². The lowest BCUT2D eigenvalue weighted by Gasteiger charge is -2.09. The maximum Gasteiger partial charge on any atom is 0.159 e. The molecule has 0 aliphatic carbocycles. The van der Waals surface area contributed by atoms with Crippen LogP contribution in [0.15, 0.2) is 73.1 Å². The Balaban J connectivity index is 1.71. The smallest absolute Gasteiger partial charge is 0.159 e. The molecule has 26 heavy (non-hydrogen) atoms. The molecule has 2 aromatic heterocycles. The molecule has 1 N–H and O–H groups in total. The van der Waals surface area contributed by atoms with Crippen molar-refractivity contribution in [1.29, 1.82) is 0 Å².